The Balaban J connectivity index is 1.60. The second-order valence-corrected chi connectivity index (χ2v) is 7.59. The molecular formula is C22H20N4OS. The van der Waals surface area contributed by atoms with E-state index < -0.39 is 0 Å². The van der Waals surface area contributed by atoms with Crippen LogP contribution in [-0.2, 0) is 0 Å². The zero-order valence-corrected chi connectivity index (χ0v) is 16.7. The Morgan fingerprint density at radius 1 is 0.929 bits per heavy atom. The highest BCUT2D eigenvalue weighted by Gasteiger charge is 2.12. The molecule has 0 spiro atoms. The lowest BCUT2D eigenvalue weighted by molar-refractivity contribution is 0.412. The van der Waals surface area contributed by atoms with Crippen molar-refractivity contribution in [2.24, 2.45) is 0 Å². The van der Waals surface area contributed by atoms with Gasteiger partial charge in [-0.15, -0.1) is 11.3 Å². The second kappa shape index (κ2) is 7.78. The molecule has 140 valence electrons. The van der Waals surface area contributed by atoms with Gasteiger partial charge in [0.25, 0.3) is 0 Å². The monoisotopic (exact) mass is 388 g/mol. The van der Waals surface area contributed by atoms with Crippen molar-refractivity contribution >= 4 is 22.3 Å². The zero-order valence-electron chi connectivity index (χ0n) is 15.9. The standard InChI is InChI=1S/C22H20N4OS/c1-14-11-17(9-10-19(14)27-3)21-15(2)28-22(26-21)25-20-12-18(23-13-24-20)16-7-5-4-6-8-16/h4-13H,1-3H3,(H,23,24,25,26). The second-order valence-electron chi connectivity index (χ2n) is 6.39. The van der Waals surface area contributed by atoms with Crippen LogP contribution < -0.4 is 10.1 Å². The quantitative estimate of drug-likeness (QED) is 0.480. The molecule has 0 atom stereocenters. The van der Waals surface area contributed by atoms with E-state index in [-0.39, 0.29) is 0 Å². The molecule has 2 aromatic carbocycles. The number of aryl methyl sites for hydroxylation is 2. The molecule has 2 heterocycles. The Morgan fingerprint density at radius 2 is 1.75 bits per heavy atom. The highest BCUT2D eigenvalue weighted by molar-refractivity contribution is 7.16. The van der Waals surface area contributed by atoms with Crippen LogP contribution in [0, 0.1) is 13.8 Å². The summed E-state index contributed by atoms with van der Waals surface area (Å²) >= 11 is 1.61. The third kappa shape index (κ3) is 3.73. The first kappa shape index (κ1) is 18.1. The number of ether oxygens (including phenoxy) is 1. The SMILES string of the molecule is COc1ccc(-c2nc(Nc3cc(-c4ccccc4)ncn3)sc2C)cc1C. The number of thiazole rings is 1. The van der Waals surface area contributed by atoms with Crippen LogP contribution in [-0.4, -0.2) is 22.1 Å². The maximum absolute atomic E-state index is 5.35. The van der Waals surface area contributed by atoms with Crippen LogP contribution in [0.5, 0.6) is 5.75 Å². The summed E-state index contributed by atoms with van der Waals surface area (Å²) in [5.41, 5.74) is 5.06. The smallest absolute Gasteiger partial charge is 0.189 e. The molecule has 28 heavy (non-hydrogen) atoms. The van der Waals surface area contributed by atoms with Gasteiger partial charge in [-0.2, -0.15) is 0 Å². The average molecular weight is 388 g/mol. The lowest BCUT2D eigenvalue weighted by Crippen LogP contribution is -1.95. The molecule has 0 fully saturated rings. The molecule has 1 N–H and O–H groups in total. The molecule has 0 saturated carbocycles. The van der Waals surface area contributed by atoms with Gasteiger partial charge >= 0.3 is 0 Å². The van der Waals surface area contributed by atoms with E-state index in [2.05, 4.69) is 28.3 Å². The van der Waals surface area contributed by atoms with Crippen molar-refractivity contribution in [3.05, 3.63) is 71.4 Å². The molecule has 4 aromatic rings. The van der Waals surface area contributed by atoms with Crippen molar-refractivity contribution in [2.45, 2.75) is 13.8 Å². The number of hydrogen-bond acceptors (Lipinski definition) is 6. The van der Waals surface area contributed by atoms with Gasteiger partial charge in [0, 0.05) is 22.1 Å². The molecule has 0 aliphatic heterocycles. The molecule has 5 nitrogen and oxygen atoms in total. The third-order valence-corrected chi connectivity index (χ3v) is 5.32. The van der Waals surface area contributed by atoms with E-state index in [9.17, 15) is 0 Å². The van der Waals surface area contributed by atoms with Gasteiger partial charge in [-0.3, -0.25) is 0 Å². The van der Waals surface area contributed by atoms with Crippen molar-refractivity contribution in [3.8, 4) is 28.3 Å². The van der Waals surface area contributed by atoms with E-state index in [1.54, 1.807) is 24.8 Å². The van der Waals surface area contributed by atoms with E-state index in [1.807, 2.05) is 55.5 Å². The zero-order chi connectivity index (χ0) is 19.5. The van der Waals surface area contributed by atoms with Crippen LogP contribution in [0.15, 0.2) is 60.9 Å². The molecule has 2 aromatic heterocycles. The summed E-state index contributed by atoms with van der Waals surface area (Å²) < 4.78 is 5.35. The van der Waals surface area contributed by atoms with Gasteiger partial charge in [-0.05, 0) is 37.6 Å². The third-order valence-electron chi connectivity index (χ3n) is 4.44. The number of benzene rings is 2. The van der Waals surface area contributed by atoms with Crippen LogP contribution >= 0.6 is 11.3 Å². The lowest BCUT2D eigenvalue weighted by atomic mass is 10.1. The van der Waals surface area contributed by atoms with E-state index in [0.29, 0.717) is 0 Å². The molecule has 0 bridgehead atoms. The van der Waals surface area contributed by atoms with E-state index >= 15 is 0 Å². The Labute approximate surface area is 168 Å². The summed E-state index contributed by atoms with van der Waals surface area (Å²) in [6, 6.07) is 18.1. The van der Waals surface area contributed by atoms with Gasteiger partial charge in [-0.1, -0.05) is 30.3 Å². The molecule has 4 rings (SSSR count). The number of nitrogens with zero attached hydrogens (tertiary/aromatic N) is 3. The van der Waals surface area contributed by atoms with Crippen molar-refractivity contribution < 1.29 is 4.74 Å². The summed E-state index contributed by atoms with van der Waals surface area (Å²) in [6.45, 7) is 4.11. The molecular weight excluding hydrogens is 368 g/mol. The Hall–Kier alpha value is -3.25. The Morgan fingerprint density at radius 3 is 2.50 bits per heavy atom. The lowest BCUT2D eigenvalue weighted by Gasteiger charge is -2.06. The minimum absolute atomic E-state index is 0.722. The molecule has 0 radical (unpaired) electrons. The average Bonchev–Trinajstić information content (AvgIpc) is 3.09. The highest BCUT2D eigenvalue weighted by atomic mass is 32.1. The van der Waals surface area contributed by atoms with Gasteiger partial charge in [0.05, 0.1) is 18.5 Å². The number of hydrogen-bond donors (Lipinski definition) is 1. The Bertz CT molecular complexity index is 1110. The minimum Gasteiger partial charge on any atom is -0.496 e. The highest BCUT2D eigenvalue weighted by Crippen LogP contribution is 2.34. The van der Waals surface area contributed by atoms with E-state index in [4.69, 9.17) is 9.72 Å². The summed E-state index contributed by atoms with van der Waals surface area (Å²) in [5, 5.41) is 4.12. The van der Waals surface area contributed by atoms with Gasteiger partial charge < -0.3 is 10.1 Å². The summed E-state index contributed by atoms with van der Waals surface area (Å²) in [6.07, 6.45) is 1.57. The van der Waals surface area contributed by atoms with Crippen molar-refractivity contribution in [1.29, 1.82) is 0 Å². The first-order valence-corrected chi connectivity index (χ1v) is 9.72. The van der Waals surface area contributed by atoms with Crippen molar-refractivity contribution in [3.63, 3.8) is 0 Å². The maximum atomic E-state index is 5.35. The van der Waals surface area contributed by atoms with Crippen LogP contribution in [0.3, 0.4) is 0 Å². The first-order chi connectivity index (χ1) is 13.6. The van der Waals surface area contributed by atoms with E-state index in [0.717, 1.165) is 49.7 Å². The van der Waals surface area contributed by atoms with Crippen molar-refractivity contribution in [2.75, 3.05) is 12.4 Å². The van der Waals surface area contributed by atoms with Crippen LogP contribution in [0.2, 0.25) is 0 Å². The topological polar surface area (TPSA) is 59.9 Å². The van der Waals surface area contributed by atoms with Gasteiger partial charge in [-0.25, -0.2) is 15.0 Å². The maximum Gasteiger partial charge on any atom is 0.189 e. The molecule has 0 amide bonds. The molecule has 6 heteroatoms. The fraction of sp³-hybridized carbons (Fsp3) is 0.136. The summed E-state index contributed by atoms with van der Waals surface area (Å²) in [7, 11) is 1.68. The fourth-order valence-electron chi connectivity index (χ4n) is 3.05. The van der Waals surface area contributed by atoms with Crippen molar-refractivity contribution in [1.82, 2.24) is 15.0 Å². The van der Waals surface area contributed by atoms with Gasteiger partial charge in [0.15, 0.2) is 5.13 Å². The number of anilines is 2. The fourth-order valence-corrected chi connectivity index (χ4v) is 3.89. The number of methoxy groups -OCH3 is 1. The van der Waals surface area contributed by atoms with Gasteiger partial charge in [0.1, 0.15) is 17.9 Å². The summed E-state index contributed by atoms with van der Waals surface area (Å²) in [5.74, 6) is 1.60. The Kier molecular flexibility index (Phi) is 5.04. The van der Waals surface area contributed by atoms with E-state index in [1.165, 1.54) is 0 Å². The first-order valence-electron chi connectivity index (χ1n) is 8.91. The van der Waals surface area contributed by atoms with Crippen LogP contribution in [0.1, 0.15) is 10.4 Å². The molecule has 0 saturated heterocycles. The predicted octanol–water partition coefficient (Wildman–Crippen LogP) is 5.64. The number of aromatic nitrogens is 3. The normalized spacial score (nSPS) is 10.7. The predicted molar refractivity (Wildman–Crippen MR) is 114 cm³/mol. The molecule has 0 unspecified atom stereocenters. The minimum atomic E-state index is 0.722. The number of rotatable bonds is 5. The van der Waals surface area contributed by atoms with Gasteiger partial charge in [0.2, 0.25) is 0 Å². The molecule has 0 aliphatic rings. The largest absolute Gasteiger partial charge is 0.496 e. The number of nitrogens with one attached hydrogen (secondary N) is 1. The van der Waals surface area contributed by atoms with Crippen LogP contribution in [0.4, 0.5) is 10.9 Å². The summed E-state index contributed by atoms with van der Waals surface area (Å²) in [4.78, 5) is 14.6. The van der Waals surface area contributed by atoms with Crippen LogP contribution in [0.25, 0.3) is 22.5 Å². The molecule has 0 aliphatic carbocycles.